The third-order valence-corrected chi connectivity index (χ3v) is 3.25. The van der Waals surface area contributed by atoms with E-state index in [-0.39, 0.29) is 17.7 Å². The van der Waals surface area contributed by atoms with E-state index in [9.17, 15) is 9.59 Å². The highest BCUT2D eigenvalue weighted by molar-refractivity contribution is 6.00. The van der Waals surface area contributed by atoms with E-state index in [4.69, 9.17) is 10.2 Å². The molecule has 5 nitrogen and oxygen atoms in total. The van der Waals surface area contributed by atoms with Gasteiger partial charge in [-0.2, -0.15) is 0 Å². The van der Waals surface area contributed by atoms with Gasteiger partial charge in [-0.15, -0.1) is 0 Å². The first kappa shape index (κ1) is 10.3. The fourth-order valence-corrected chi connectivity index (χ4v) is 2.22. The van der Waals surface area contributed by atoms with Gasteiger partial charge >= 0.3 is 5.76 Å². The largest absolute Gasteiger partial charge is 0.417 e. The van der Waals surface area contributed by atoms with Crippen LogP contribution >= 0.6 is 0 Å². The Morgan fingerprint density at radius 3 is 2.88 bits per heavy atom. The van der Waals surface area contributed by atoms with E-state index in [1.165, 1.54) is 0 Å². The highest BCUT2D eigenvalue weighted by atomic mass is 16.4. The lowest BCUT2D eigenvalue weighted by molar-refractivity contribution is 0.0833. The molecule has 0 radical (unpaired) electrons. The van der Waals surface area contributed by atoms with Crippen molar-refractivity contribution in [3.63, 3.8) is 0 Å². The molecule has 1 aliphatic rings. The fraction of sp³-hybridized carbons (Fsp3) is 0.333. The Kier molecular flexibility index (Phi) is 2.16. The summed E-state index contributed by atoms with van der Waals surface area (Å²) in [7, 11) is 0. The van der Waals surface area contributed by atoms with Crippen molar-refractivity contribution in [1.29, 1.82) is 0 Å². The molecule has 3 rings (SSSR count). The van der Waals surface area contributed by atoms with Gasteiger partial charge in [0, 0.05) is 17.5 Å². The molecule has 0 bridgehead atoms. The number of benzene rings is 1. The zero-order chi connectivity index (χ0) is 12.0. The number of nitrogens with one attached hydrogen (secondary N) is 1. The number of H-pyrrole nitrogens is 1. The maximum absolute atomic E-state index is 12.0. The van der Waals surface area contributed by atoms with Crippen LogP contribution in [0.3, 0.4) is 0 Å². The second-order valence-corrected chi connectivity index (χ2v) is 4.52. The number of oxazole rings is 1. The zero-order valence-electron chi connectivity index (χ0n) is 9.10. The lowest BCUT2D eigenvalue weighted by Gasteiger charge is -2.31. The van der Waals surface area contributed by atoms with Crippen LogP contribution in [-0.2, 0) is 0 Å². The van der Waals surface area contributed by atoms with Crippen molar-refractivity contribution in [1.82, 2.24) is 4.98 Å². The van der Waals surface area contributed by atoms with Crippen LogP contribution in [0.4, 0.5) is 0 Å². The van der Waals surface area contributed by atoms with Gasteiger partial charge in [-0.05, 0) is 31.0 Å². The third-order valence-electron chi connectivity index (χ3n) is 3.25. The van der Waals surface area contributed by atoms with Crippen LogP contribution in [0.25, 0.3) is 11.1 Å². The molecule has 1 heterocycles. The number of rotatable bonds is 2. The molecule has 3 N–H and O–H groups in total. The van der Waals surface area contributed by atoms with Gasteiger partial charge in [0.15, 0.2) is 11.4 Å². The maximum atomic E-state index is 12.0. The van der Waals surface area contributed by atoms with E-state index in [1.54, 1.807) is 18.2 Å². The van der Waals surface area contributed by atoms with Crippen LogP contribution in [0, 0.1) is 5.92 Å². The van der Waals surface area contributed by atoms with Crippen molar-refractivity contribution < 1.29 is 9.21 Å². The standard InChI is InChI=1S/C12H12N2O3/c13-8-3-7(4-8)11(15)6-1-2-10-9(5-6)14-12(16)17-10/h1-2,5,7-8H,3-4,13H2,(H,14,16). The number of carbonyl (C=O) groups excluding carboxylic acids is 1. The zero-order valence-corrected chi connectivity index (χ0v) is 9.10. The Morgan fingerprint density at radius 2 is 2.18 bits per heavy atom. The topological polar surface area (TPSA) is 89.1 Å². The molecule has 0 saturated heterocycles. The molecular formula is C12H12N2O3. The van der Waals surface area contributed by atoms with E-state index < -0.39 is 5.76 Å². The predicted molar refractivity (Wildman–Crippen MR) is 61.9 cm³/mol. The summed E-state index contributed by atoms with van der Waals surface area (Å²) in [6.45, 7) is 0. The Bertz CT molecular complexity index is 634. The van der Waals surface area contributed by atoms with Crippen LogP contribution in [-0.4, -0.2) is 16.8 Å². The Labute approximate surface area is 96.6 Å². The van der Waals surface area contributed by atoms with Crippen molar-refractivity contribution in [2.24, 2.45) is 11.7 Å². The minimum atomic E-state index is -0.504. The lowest BCUT2D eigenvalue weighted by Crippen LogP contribution is -2.40. The van der Waals surface area contributed by atoms with Gasteiger partial charge in [0.2, 0.25) is 0 Å². The summed E-state index contributed by atoms with van der Waals surface area (Å²) < 4.78 is 4.88. The van der Waals surface area contributed by atoms with Gasteiger partial charge in [-0.3, -0.25) is 9.78 Å². The second-order valence-electron chi connectivity index (χ2n) is 4.52. The van der Waals surface area contributed by atoms with Crippen molar-refractivity contribution >= 4 is 16.9 Å². The van der Waals surface area contributed by atoms with Crippen molar-refractivity contribution in [3.8, 4) is 0 Å². The van der Waals surface area contributed by atoms with Gasteiger partial charge in [0.1, 0.15) is 0 Å². The number of nitrogens with two attached hydrogens (primary N) is 1. The summed E-state index contributed by atoms with van der Waals surface area (Å²) in [4.78, 5) is 25.6. The van der Waals surface area contributed by atoms with Gasteiger partial charge in [-0.1, -0.05) is 0 Å². The highest BCUT2D eigenvalue weighted by Crippen LogP contribution is 2.29. The first-order valence-corrected chi connectivity index (χ1v) is 5.56. The van der Waals surface area contributed by atoms with Gasteiger partial charge < -0.3 is 10.2 Å². The number of hydrogen-bond acceptors (Lipinski definition) is 4. The average Bonchev–Trinajstić information content (AvgIpc) is 2.62. The monoisotopic (exact) mass is 232 g/mol. The summed E-state index contributed by atoms with van der Waals surface area (Å²) >= 11 is 0. The molecular weight excluding hydrogens is 220 g/mol. The molecule has 17 heavy (non-hydrogen) atoms. The number of Topliss-reactive ketones (excluding diaryl/α,β-unsaturated/α-hetero) is 1. The van der Waals surface area contributed by atoms with E-state index in [2.05, 4.69) is 4.98 Å². The minimum absolute atomic E-state index is 0.0288. The number of ketones is 1. The van der Waals surface area contributed by atoms with Crippen LogP contribution in [0.2, 0.25) is 0 Å². The van der Waals surface area contributed by atoms with Gasteiger partial charge in [0.25, 0.3) is 0 Å². The molecule has 5 heteroatoms. The van der Waals surface area contributed by atoms with Crippen molar-refractivity contribution in [2.75, 3.05) is 0 Å². The first-order chi connectivity index (χ1) is 8.13. The normalized spacial score (nSPS) is 23.6. The van der Waals surface area contributed by atoms with Crippen LogP contribution in [0.5, 0.6) is 0 Å². The number of aromatic nitrogens is 1. The predicted octanol–water partition coefficient (Wildman–Crippen LogP) is 1.04. The molecule has 1 aromatic carbocycles. The minimum Gasteiger partial charge on any atom is -0.408 e. The summed E-state index contributed by atoms with van der Waals surface area (Å²) in [5.74, 6) is -0.382. The quantitative estimate of drug-likeness (QED) is 0.757. The smallest absolute Gasteiger partial charge is 0.408 e. The molecule has 0 spiro atoms. The second kappa shape index (κ2) is 3.56. The molecule has 0 aliphatic heterocycles. The fourth-order valence-electron chi connectivity index (χ4n) is 2.22. The third kappa shape index (κ3) is 1.68. The van der Waals surface area contributed by atoms with Crippen LogP contribution < -0.4 is 11.5 Å². The average molecular weight is 232 g/mol. The van der Waals surface area contributed by atoms with E-state index in [0.29, 0.717) is 16.7 Å². The Hall–Kier alpha value is -1.88. The van der Waals surface area contributed by atoms with E-state index in [1.807, 2.05) is 0 Å². The van der Waals surface area contributed by atoms with Gasteiger partial charge in [-0.25, -0.2) is 4.79 Å². The van der Waals surface area contributed by atoms with E-state index in [0.717, 1.165) is 12.8 Å². The van der Waals surface area contributed by atoms with Crippen LogP contribution in [0.15, 0.2) is 27.4 Å². The number of fused-ring (bicyclic) bond motifs is 1. The summed E-state index contributed by atoms with van der Waals surface area (Å²) in [6, 6.07) is 5.14. The molecule has 0 amide bonds. The highest BCUT2D eigenvalue weighted by Gasteiger charge is 2.32. The number of aromatic amines is 1. The molecule has 0 unspecified atom stereocenters. The molecule has 2 aromatic rings. The molecule has 1 saturated carbocycles. The molecule has 1 aliphatic carbocycles. The summed E-state index contributed by atoms with van der Waals surface area (Å²) in [5, 5.41) is 0. The van der Waals surface area contributed by atoms with Crippen LogP contribution in [0.1, 0.15) is 23.2 Å². The van der Waals surface area contributed by atoms with Gasteiger partial charge in [0.05, 0.1) is 5.52 Å². The molecule has 88 valence electrons. The molecule has 1 aromatic heterocycles. The maximum Gasteiger partial charge on any atom is 0.417 e. The van der Waals surface area contributed by atoms with Crippen molar-refractivity contribution in [3.05, 3.63) is 34.3 Å². The lowest BCUT2D eigenvalue weighted by atomic mass is 9.76. The Balaban J connectivity index is 1.94. The SMILES string of the molecule is NC1CC(C(=O)c2ccc3oc(=O)[nH]c3c2)C1. The number of hydrogen-bond donors (Lipinski definition) is 2. The molecule has 1 fully saturated rings. The summed E-state index contributed by atoms with van der Waals surface area (Å²) in [6.07, 6.45) is 1.50. The number of carbonyl (C=O) groups is 1. The summed E-state index contributed by atoms with van der Waals surface area (Å²) in [5.41, 5.74) is 7.30. The van der Waals surface area contributed by atoms with E-state index >= 15 is 0 Å². The first-order valence-electron chi connectivity index (χ1n) is 5.56. The Morgan fingerprint density at radius 1 is 1.41 bits per heavy atom. The molecule has 0 atom stereocenters. The van der Waals surface area contributed by atoms with Crippen molar-refractivity contribution in [2.45, 2.75) is 18.9 Å².